The van der Waals surface area contributed by atoms with E-state index in [2.05, 4.69) is 5.10 Å². The molecule has 1 aromatic carbocycles. The van der Waals surface area contributed by atoms with Gasteiger partial charge < -0.3 is 4.90 Å². The molecule has 1 fully saturated rings. The fraction of sp³-hybridized carbons (Fsp3) is 0.375. The van der Waals surface area contributed by atoms with Crippen molar-refractivity contribution in [2.24, 2.45) is 0 Å². The van der Waals surface area contributed by atoms with Crippen LogP contribution < -0.4 is 0 Å². The molecule has 2 aromatic rings. The van der Waals surface area contributed by atoms with Crippen LogP contribution in [0.2, 0.25) is 5.02 Å². The lowest BCUT2D eigenvalue weighted by Crippen LogP contribution is -2.38. The largest absolute Gasteiger partial charge is 0.416 e. The van der Waals surface area contributed by atoms with E-state index in [1.165, 1.54) is 0 Å². The van der Waals surface area contributed by atoms with Gasteiger partial charge in [0.1, 0.15) is 11.5 Å². The zero-order valence-corrected chi connectivity index (χ0v) is 14.5. The molecule has 28 heavy (non-hydrogen) atoms. The number of hydrogen-bond acceptors (Lipinski definition) is 2. The summed E-state index contributed by atoms with van der Waals surface area (Å²) in [5.74, 6) is -2.78. The third-order valence-corrected chi connectivity index (χ3v) is 4.44. The van der Waals surface area contributed by atoms with Crippen LogP contribution in [0.1, 0.15) is 36.1 Å². The first-order valence-corrected chi connectivity index (χ1v) is 8.27. The number of hydrogen-bond donors (Lipinski definition) is 0. The Bertz CT molecular complexity index is 908. The van der Waals surface area contributed by atoms with Crippen LogP contribution in [0.5, 0.6) is 0 Å². The van der Waals surface area contributed by atoms with Crippen LogP contribution in [0.4, 0.5) is 35.5 Å². The van der Waals surface area contributed by atoms with Gasteiger partial charge >= 0.3 is 12.2 Å². The third-order valence-electron chi connectivity index (χ3n) is 4.15. The van der Waals surface area contributed by atoms with E-state index in [0.29, 0.717) is 25.0 Å². The number of amides is 1. The van der Waals surface area contributed by atoms with Crippen molar-refractivity contribution in [3.05, 3.63) is 51.8 Å². The highest BCUT2D eigenvalue weighted by Gasteiger charge is 2.40. The zero-order valence-electron chi connectivity index (χ0n) is 13.8. The van der Waals surface area contributed by atoms with Gasteiger partial charge in [-0.05, 0) is 25.0 Å². The molecule has 152 valence electrons. The molecule has 0 saturated heterocycles. The molecule has 0 aliphatic heterocycles. The highest BCUT2D eigenvalue weighted by molar-refractivity contribution is 6.30. The Morgan fingerprint density at radius 3 is 2.43 bits per heavy atom. The normalized spacial score (nSPS) is 14.6. The van der Waals surface area contributed by atoms with Crippen molar-refractivity contribution in [1.29, 1.82) is 0 Å². The van der Waals surface area contributed by atoms with Gasteiger partial charge in [-0.1, -0.05) is 11.6 Å². The minimum atomic E-state index is -4.93. The molecule has 1 aliphatic rings. The molecule has 0 radical (unpaired) electrons. The lowest BCUT2D eigenvalue weighted by molar-refractivity contribution is -0.138. The van der Waals surface area contributed by atoms with E-state index in [1.807, 2.05) is 0 Å². The fourth-order valence-electron chi connectivity index (χ4n) is 2.66. The molecule has 1 amide bonds. The number of benzene rings is 1. The number of alkyl halides is 5. The van der Waals surface area contributed by atoms with Crippen LogP contribution in [0, 0.1) is 11.8 Å². The quantitative estimate of drug-likeness (QED) is 0.610. The molecule has 0 atom stereocenters. The summed E-state index contributed by atoms with van der Waals surface area (Å²) in [7, 11) is 0. The first-order chi connectivity index (χ1) is 13.0. The molecule has 3 rings (SSSR count). The standard InChI is InChI=1S/C16H11ClF7N3O/c17-10-4-3-9(16(22,23)24)8(13(10)19)6-26(7-1-2-7)15(28)27-12(18)5-11(25-27)14(20)21/h3-5,7,14H,1-2,6H2. The van der Waals surface area contributed by atoms with Gasteiger partial charge in [0.15, 0.2) is 0 Å². The Morgan fingerprint density at radius 2 is 1.93 bits per heavy atom. The summed E-state index contributed by atoms with van der Waals surface area (Å²) in [5.41, 5.74) is -3.25. The number of aromatic nitrogens is 2. The molecule has 0 unspecified atom stereocenters. The summed E-state index contributed by atoms with van der Waals surface area (Å²) in [5, 5.41) is 2.56. The van der Waals surface area contributed by atoms with Crippen molar-refractivity contribution >= 4 is 17.6 Å². The number of nitrogens with zero attached hydrogens (tertiary/aromatic N) is 3. The Morgan fingerprint density at radius 1 is 1.29 bits per heavy atom. The predicted molar refractivity (Wildman–Crippen MR) is 82.9 cm³/mol. The second-order valence-electron chi connectivity index (χ2n) is 6.13. The van der Waals surface area contributed by atoms with Gasteiger partial charge in [0.25, 0.3) is 6.43 Å². The van der Waals surface area contributed by atoms with Crippen molar-refractivity contribution in [3.63, 3.8) is 0 Å². The molecule has 4 nitrogen and oxygen atoms in total. The van der Waals surface area contributed by atoms with Gasteiger partial charge in [0, 0.05) is 17.7 Å². The van der Waals surface area contributed by atoms with Crippen molar-refractivity contribution in [2.45, 2.75) is 38.0 Å². The van der Waals surface area contributed by atoms with Crippen LogP contribution >= 0.6 is 11.6 Å². The maximum absolute atomic E-state index is 14.3. The summed E-state index contributed by atoms with van der Waals surface area (Å²) < 4.78 is 93.2. The third kappa shape index (κ3) is 3.94. The zero-order chi connectivity index (χ0) is 20.8. The molecular weight excluding hydrogens is 419 g/mol. The van der Waals surface area contributed by atoms with Crippen molar-refractivity contribution in [2.75, 3.05) is 0 Å². The van der Waals surface area contributed by atoms with Crippen LogP contribution in [-0.4, -0.2) is 26.8 Å². The average Bonchev–Trinajstić information content (AvgIpc) is 3.35. The van der Waals surface area contributed by atoms with Crippen LogP contribution in [-0.2, 0) is 12.7 Å². The SMILES string of the molecule is O=C(N(Cc1c(C(F)(F)F)ccc(Cl)c1F)C1CC1)n1nc(C(F)F)cc1F. The molecule has 1 saturated carbocycles. The Labute approximate surface area is 158 Å². The lowest BCUT2D eigenvalue weighted by Gasteiger charge is -2.24. The van der Waals surface area contributed by atoms with E-state index in [0.717, 1.165) is 11.0 Å². The van der Waals surface area contributed by atoms with Gasteiger partial charge in [0.05, 0.1) is 17.1 Å². The van der Waals surface area contributed by atoms with E-state index in [4.69, 9.17) is 11.6 Å². The second kappa shape index (κ2) is 7.26. The van der Waals surface area contributed by atoms with Crippen LogP contribution in [0.3, 0.4) is 0 Å². The summed E-state index contributed by atoms with van der Waals surface area (Å²) in [6.07, 6.45) is -7.33. The van der Waals surface area contributed by atoms with E-state index in [1.54, 1.807) is 0 Å². The molecule has 0 spiro atoms. The smallest absolute Gasteiger partial charge is 0.315 e. The van der Waals surface area contributed by atoms with Gasteiger partial charge in [-0.2, -0.15) is 27.3 Å². The van der Waals surface area contributed by atoms with Crippen LogP contribution in [0.25, 0.3) is 0 Å². The number of carbonyl (C=O) groups is 1. The first-order valence-electron chi connectivity index (χ1n) is 7.89. The first kappa shape index (κ1) is 20.4. The van der Waals surface area contributed by atoms with Gasteiger partial charge in [-0.3, -0.25) is 0 Å². The van der Waals surface area contributed by atoms with E-state index in [-0.39, 0.29) is 4.68 Å². The Kier molecular flexibility index (Phi) is 5.30. The summed E-state index contributed by atoms with van der Waals surface area (Å²) in [6.45, 7) is -0.881. The van der Waals surface area contributed by atoms with Crippen molar-refractivity contribution in [3.8, 4) is 0 Å². The topological polar surface area (TPSA) is 38.1 Å². The summed E-state index contributed by atoms with van der Waals surface area (Å²) in [4.78, 5) is 13.3. The second-order valence-corrected chi connectivity index (χ2v) is 6.54. The minimum absolute atomic E-state index is 0.0233. The molecular formula is C16H11ClF7N3O. The highest BCUT2D eigenvalue weighted by atomic mass is 35.5. The lowest BCUT2D eigenvalue weighted by atomic mass is 10.1. The van der Waals surface area contributed by atoms with Gasteiger partial charge in [0.2, 0.25) is 5.95 Å². The molecule has 0 N–H and O–H groups in total. The molecule has 1 heterocycles. The van der Waals surface area contributed by atoms with Crippen molar-refractivity contribution in [1.82, 2.24) is 14.7 Å². The van der Waals surface area contributed by atoms with Gasteiger partial charge in [-0.15, -0.1) is 0 Å². The minimum Gasteiger partial charge on any atom is -0.315 e. The number of rotatable bonds is 4. The number of halogens is 8. The number of carbonyl (C=O) groups excluding carboxylic acids is 1. The van der Waals surface area contributed by atoms with Crippen molar-refractivity contribution < 1.29 is 35.5 Å². The maximum Gasteiger partial charge on any atom is 0.416 e. The fourth-order valence-corrected chi connectivity index (χ4v) is 2.84. The van der Waals surface area contributed by atoms with Crippen LogP contribution in [0.15, 0.2) is 18.2 Å². The molecule has 12 heteroatoms. The molecule has 1 aliphatic carbocycles. The summed E-state index contributed by atoms with van der Waals surface area (Å²) in [6, 6.07) is -0.242. The van der Waals surface area contributed by atoms with E-state index >= 15 is 0 Å². The monoisotopic (exact) mass is 429 g/mol. The summed E-state index contributed by atoms with van der Waals surface area (Å²) >= 11 is 5.57. The maximum atomic E-state index is 14.3. The highest BCUT2D eigenvalue weighted by Crippen LogP contribution is 2.38. The van der Waals surface area contributed by atoms with E-state index < -0.39 is 64.8 Å². The Hall–Kier alpha value is -2.30. The Balaban J connectivity index is 2.00. The average molecular weight is 430 g/mol. The predicted octanol–water partition coefficient (Wildman–Crippen LogP) is 5.40. The molecule has 0 bridgehead atoms. The molecule has 1 aromatic heterocycles. The van der Waals surface area contributed by atoms with E-state index in [9.17, 15) is 35.5 Å². The van der Waals surface area contributed by atoms with Gasteiger partial charge in [-0.25, -0.2) is 18.0 Å².